The number of fused-ring (bicyclic) bond motifs is 2. The molecular formula is C17H16ClN5O2. The Labute approximate surface area is 150 Å². The van der Waals surface area contributed by atoms with E-state index in [0.717, 1.165) is 17.1 Å². The molecule has 0 saturated heterocycles. The number of imide groups is 1. The van der Waals surface area contributed by atoms with Gasteiger partial charge in [0, 0.05) is 13.0 Å². The van der Waals surface area contributed by atoms with Crippen LogP contribution in [-0.2, 0) is 6.42 Å². The molecule has 0 radical (unpaired) electrons. The van der Waals surface area contributed by atoms with Crippen molar-refractivity contribution in [2.75, 3.05) is 6.54 Å². The molecule has 1 aliphatic rings. The Morgan fingerprint density at radius 1 is 1.00 bits per heavy atom. The predicted molar refractivity (Wildman–Crippen MR) is 93.0 cm³/mol. The number of hydrogen-bond donors (Lipinski definition) is 0. The highest BCUT2D eigenvalue weighted by atomic mass is 35.5. The molecule has 0 spiro atoms. The van der Waals surface area contributed by atoms with E-state index < -0.39 is 0 Å². The van der Waals surface area contributed by atoms with E-state index in [1.54, 1.807) is 35.0 Å². The van der Waals surface area contributed by atoms with Gasteiger partial charge in [-0.05, 0) is 26.0 Å². The van der Waals surface area contributed by atoms with E-state index in [2.05, 4.69) is 15.1 Å². The summed E-state index contributed by atoms with van der Waals surface area (Å²) in [6, 6.07) is 6.89. The zero-order valence-corrected chi connectivity index (χ0v) is 14.6. The first-order valence-corrected chi connectivity index (χ1v) is 7.69. The maximum atomic E-state index is 12.4. The Balaban J connectivity index is 0.00000182. The third-order valence-electron chi connectivity index (χ3n) is 4.30. The van der Waals surface area contributed by atoms with Crippen LogP contribution in [0, 0.1) is 13.8 Å². The van der Waals surface area contributed by atoms with E-state index in [0.29, 0.717) is 23.3 Å². The number of carbonyl (C=O) groups is 2. The number of hydrogen-bond acceptors (Lipinski definition) is 5. The number of halogens is 1. The monoisotopic (exact) mass is 357 g/mol. The fourth-order valence-corrected chi connectivity index (χ4v) is 2.85. The highest BCUT2D eigenvalue weighted by molar-refractivity contribution is 6.21. The average Bonchev–Trinajstić information content (AvgIpc) is 3.07. The van der Waals surface area contributed by atoms with Crippen LogP contribution in [0.2, 0.25) is 0 Å². The van der Waals surface area contributed by atoms with Crippen LogP contribution in [0.1, 0.15) is 37.8 Å². The first-order chi connectivity index (χ1) is 11.6. The SMILES string of the molecule is Cc1nc2ncc(CCN3C(=O)c4ccccc4C3=O)n2nc1C.Cl. The number of rotatable bonds is 3. The van der Waals surface area contributed by atoms with Crippen LogP contribution in [0.3, 0.4) is 0 Å². The minimum absolute atomic E-state index is 0. The molecule has 1 aliphatic heterocycles. The van der Waals surface area contributed by atoms with Crippen LogP contribution in [0.15, 0.2) is 30.5 Å². The molecule has 3 heterocycles. The van der Waals surface area contributed by atoms with Crippen molar-refractivity contribution in [2.24, 2.45) is 0 Å². The van der Waals surface area contributed by atoms with Gasteiger partial charge in [-0.15, -0.1) is 12.4 Å². The third kappa shape index (κ3) is 2.66. The van der Waals surface area contributed by atoms with Crippen molar-refractivity contribution in [3.8, 4) is 0 Å². The maximum absolute atomic E-state index is 12.4. The summed E-state index contributed by atoms with van der Waals surface area (Å²) in [5, 5.41) is 4.46. The standard InChI is InChI=1S/C17H15N5O2.ClH/c1-10-11(2)20-22-12(9-18-17(22)19-10)7-8-21-15(23)13-5-3-4-6-14(13)16(21)24;/h3-6,9H,7-8H2,1-2H3;1H. The van der Waals surface area contributed by atoms with E-state index in [-0.39, 0.29) is 30.8 Å². The lowest BCUT2D eigenvalue weighted by atomic mass is 10.1. The lowest BCUT2D eigenvalue weighted by Crippen LogP contribution is -2.32. The molecule has 25 heavy (non-hydrogen) atoms. The van der Waals surface area contributed by atoms with Gasteiger partial charge in [0.2, 0.25) is 0 Å². The molecule has 3 aromatic rings. The summed E-state index contributed by atoms with van der Waals surface area (Å²) in [4.78, 5) is 34.7. The summed E-state index contributed by atoms with van der Waals surface area (Å²) in [5.41, 5.74) is 3.40. The quantitative estimate of drug-likeness (QED) is 0.670. The molecule has 0 unspecified atom stereocenters. The number of aromatic nitrogens is 4. The number of aryl methyl sites for hydroxylation is 2. The van der Waals surface area contributed by atoms with Gasteiger partial charge in [-0.2, -0.15) is 5.10 Å². The number of amides is 2. The highest BCUT2D eigenvalue weighted by Gasteiger charge is 2.34. The van der Waals surface area contributed by atoms with Crippen molar-refractivity contribution >= 4 is 30.0 Å². The molecule has 128 valence electrons. The molecule has 8 heteroatoms. The number of benzene rings is 1. The Morgan fingerprint density at radius 2 is 1.64 bits per heavy atom. The summed E-state index contributed by atoms with van der Waals surface area (Å²) in [5.74, 6) is 0.0283. The molecule has 1 aromatic carbocycles. The zero-order valence-electron chi connectivity index (χ0n) is 13.8. The summed E-state index contributed by atoms with van der Waals surface area (Å²) in [7, 11) is 0. The van der Waals surface area contributed by atoms with Crippen molar-refractivity contribution in [1.82, 2.24) is 24.5 Å². The molecule has 2 amide bonds. The first kappa shape index (κ1) is 17.0. The van der Waals surface area contributed by atoms with E-state index in [1.165, 1.54) is 4.90 Å². The van der Waals surface area contributed by atoms with Gasteiger partial charge in [0.25, 0.3) is 17.6 Å². The van der Waals surface area contributed by atoms with Crippen molar-refractivity contribution in [2.45, 2.75) is 20.3 Å². The molecule has 0 saturated carbocycles. The van der Waals surface area contributed by atoms with Crippen molar-refractivity contribution in [3.05, 3.63) is 58.7 Å². The average molecular weight is 358 g/mol. The molecule has 7 nitrogen and oxygen atoms in total. The Kier molecular flexibility index (Phi) is 4.26. The minimum Gasteiger partial charge on any atom is -0.274 e. The second-order valence-corrected chi connectivity index (χ2v) is 5.80. The van der Waals surface area contributed by atoms with Crippen LogP contribution in [0.4, 0.5) is 0 Å². The summed E-state index contributed by atoms with van der Waals surface area (Å²) in [6.07, 6.45) is 2.16. The van der Waals surface area contributed by atoms with E-state index >= 15 is 0 Å². The topological polar surface area (TPSA) is 80.5 Å². The first-order valence-electron chi connectivity index (χ1n) is 7.69. The zero-order chi connectivity index (χ0) is 16.8. The number of imidazole rings is 1. The van der Waals surface area contributed by atoms with Crippen LogP contribution >= 0.6 is 12.4 Å². The highest BCUT2D eigenvalue weighted by Crippen LogP contribution is 2.22. The lowest BCUT2D eigenvalue weighted by molar-refractivity contribution is 0.0655. The second kappa shape index (κ2) is 6.25. The Bertz CT molecular complexity index is 963. The second-order valence-electron chi connectivity index (χ2n) is 5.80. The third-order valence-corrected chi connectivity index (χ3v) is 4.30. The maximum Gasteiger partial charge on any atom is 0.261 e. The largest absolute Gasteiger partial charge is 0.274 e. The summed E-state index contributed by atoms with van der Waals surface area (Å²) >= 11 is 0. The molecule has 0 bridgehead atoms. The van der Waals surface area contributed by atoms with Gasteiger partial charge >= 0.3 is 0 Å². The Morgan fingerprint density at radius 3 is 2.28 bits per heavy atom. The molecule has 0 fully saturated rings. The fourth-order valence-electron chi connectivity index (χ4n) is 2.85. The number of nitrogens with zero attached hydrogens (tertiary/aromatic N) is 5. The van der Waals surface area contributed by atoms with Gasteiger partial charge < -0.3 is 0 Å². The summed E-state index contributed by atoms with van der Waals surface area (Å²) in [6.45, 7) is 4.06. The molecule has 0 atom stereocenters. The fraction of sp³-hybridized carbons (Fsp3) is 0.235. The minimum atomic E-state index is -0.248. The van der Waals surface area contributed by atoms with Crippen LogP contribution < -0.4 is 0 Å². The molecule has 4 rings (SSSR count). The number of carbonyl (C=O) groups excluding carboxylic acids is 2. The van der Waals surface area contributed by atoms with Crippen molar-refractivity contribution in [1.29, 1.82) is 0 Å². The van der Waals surface area contributed by atoms with Gasteiger partial charge in [0.05, 0.1) is 34.4 Å². The normalized spacial score (nSPS) is 13.3. The van der Waals surface area contributed by atoms with E-state index in [1.807, 2.05) is 13.8 Å². The Hall–Kier alpha value is -2.80. The van der Waals surface area contributed by atoms with Gasteiger partial charge in [0.15, 0.2) is 0 Å². The van der Waals surface area contributed by atoms with Crippen molar-refractivity contribution < 1.29 is 9.59 Å². The van der Waals surface area contributed by atoms with E-state index in [4.69, 9.17) is 0 Å². The molecule has 0 aliphatic carbocycles. The molecular weight excluding hydrogens is 342 g/mol. The lowest BCUT2D eigenvalue weighted by Gasteiger charge is -2.13. The van der Waals surface area contributed by atoms with Crippen LogP contribution in [-0.4, -0.2) is 42.8 Å². The van der Waals surface area contributed by atoms with Crippen molar-refractivity contribution in [3.63, 3.8) is 0 Å². The molecule has 2 aromatic heterocycles. The van der Waals surface area contributed by atoms with E-state index in [9.17, 15) is 9.59 Å². The summed E-state index contributed by atoms with van der Waals surface area (Å²) < 4.78 is 1.67. The van der Waals surface area contributed by atoms with Crippen LogP contribution in [0.5, 0.6) is 0 Å². The van der Waals surface area contributed by atoms with Gasteiger partial charge in [-0.25, -0.2) is 14.5 Å². The van der Waals surface area contributed by atoms with Gasteiger partial charge in [-0.3, -0.25) is 14.5 Å². The van der Waals surface area contributed by atoms with Crippen LogP contribution in [0.25, 0.3) is 5.78 Å². The van der Waals surface area contributed by atoms with Gasteiger partial charge in [-0.1, -0.05) is 12.1 Å². The van der Waals surface area contributed by atoms with Gasteiger partial charge in [0.1, 0.15) is 0 Å². The smallest absolute Gasteiger partial charge is 0.261 e. The molecule has 0 N–H and O–H groups in total. The predicted octanol–water partition coefficient (Wildman–Crippen LogP) is 2.00.